The zero-order valence-electron chi connectivity index (χ0n) is 25.8. The van der Waals surface area contributed by atoms with E-state index in [1.807, 2.05) is 12.1 Å². The first kappa shape index (κ1) is 28.9. The number of carbonyl (C=O) groups is 2. The van der Waals surface area contributed by atoms with Crippen LogP contribution in [0.15, 0.2) is 115 Å². The fraction of sp³-hybridized carbons (Fsp3) is 0.0732. The van der Waals surface area contributed by atoms with Crippen molar-refractivity contribution in [3.05, 3.63) is 154 Å². The van der Waals surface area contributed by atoms with Gasteiger partial charge in [0.15, 0.2) is 23.2 Å². The van der Waals surface area contributed by atoms with Crippen molar-refractivity contribution < 1.29 is 18.4 Å². The summed E-state index contributed by atoms with van der Waals surface area (Å²) in [5.74, 6) is -3.44. The Balaban J connectivity index is 1.14. The summed E-state index contributed by atoms with van der Waals surface area (Å²) in [6.45, 7) is 4.50. The second-order valence-corrected chi connectivity index (χ2v) is 14.8. The van der Waals surface area contributed by atoms with Gasteiger partial charge < -0.3 is 4.90 Å². The number of para-hydroxylation sites is 1. The normalized spacial score (nSPS) is 14.5. The second-order valence-electron chi connectivity index (χ2n) is 12.7. The Morgan fingerprint density at radius 1 is 0.688 bits per heavy atom. The van der Waals surface area contributed by atoms with E-state index in [9.17, 15) is 18.4 Å². The quantitative estimate of drug-likeness (QED) is 0.139. The molecule has 0 N–H and O–H groups in total. The van der Waals surface area contributed by atoms with E-state index in [-0.39, 0.29) is 22.1 Å². The smallest absolute Gasteiger partial charge is 0.197 e. The maximum Gasteiger partial charge on any atom is 0.197 e. The number of Topliss-reactive ketones (excluding diaryl/α,β-unsaturated/α-hetero) is 2. The molecule has 2 aliphatic carbocycles. The topological polar surface area (TPSA) is 37.4 Å². The molecule has 9 rings (SSSR count). The first-order valence-electron chi connectivity index (χ1n) is 15.6. The molecule has 0 atom stereocenters. The predicted octanol–water partition coefficient (Wildman–Crippen LogP) is 11.6. The Morgan fingerprint density at radius 3 is 2.12 bits per heavy atom. The van der Waals surface area contributed by atoms with E-state index in [2.05, 4.69) is 104 Å². The molecular formula is C41H25F2NO2S2. The molecule has 7 heteroatoms. The van der Waals surface area contributed by atoms with Crippen LogP contribution in [0.1, 0.15) is 50.6 Å². The van der Waals surface area contributed by atoms with Gasteiger partial charge in [-0.2, -0.15) is 0 Å². The summed E-state index contributed by atoms with van der Waals surface area (Å²) in [6.07, 6.45) is 1.57. The zero-order valence-corrected chi connectivity index (χ0v) is 27.4. The number of ketones is 2. The zero-order chi connectivity index (χ0) is 32.9. The molecule has 0 bridgehead atoms. The maximum atomic E-state index is 13.9. The van der Waals surface area contributed by atoms with Gasteiger partial charge in [0.05, 0.1) is 16.0 Å². The van der Waals surface area contributed by atoms with Gasteiger partial charge in [0, 0.05) is 47.8 Å². The number of hydrogen-bond acceptors (Lipinski definition) is 5. The Kier molecular flexibility index (Phi) is 6.26. The maximum absolute atomic E-state index is 13.9. The van der Waals surface area contributed by atoms with Crippen molar-refractivity contribution in [3.63, 3.8) is 0 Å². The Bertz CT molecular complexity index is 2510. The van der Waals surface area contributed by atoms with Crippen molar-refractivity contribution in [1.82, 2.24) is 0 Å². The first-order chi connectivity index (χ1) is 23.2. The van der Waals surface area contributed by atoms with Crippen LogP contribution in [0.3, 0.4) is 0 Å². The highest BCUT2D eigenvalue weighted by Crippen LogP contribution is 2.58. The van der Waals surface area contributed by atoms with Crippen LogP contribution in [0.25, 0.3) is 36.7 Å². The number of halogens is 2. The number of carbonyl (C=O) groups excluding carboxylic acids is 2. The van der Waals surface area contributed by atoms with Crippen LogP contribution in [0.5, 0.6) is 0 Å². The van der Waals surface area contributed by atoms with E-state index in [1.54, 1.807) is 17.4 Å². The molecule has 48 heavy (non-hydrogen) atoms. The van der Waals surface area contributed by atoms with Crippen molar-refractivity contribution in [1.29, 1.82) is 0 Å². The standard InChI is InChI=1S/C41H25F2NO2S2/c1-41(2)31-17-24(44(23-11-4-3-5-12-23)34-14-8-10-22-9-6-7-13-26(22)34)15-16-27(31)39-36(41)40-35(48-39)19-25(47-40)18-30-37(45)28-20-32(42)33(43)21-29(28)38(30)46/h3-21H,1-2H3. The average molecular weight is 666 g/mol. The summed E-state index contributed by atoms with van der Waals surface area (Å²) in [4.78, 5) is 30.4. The molecule has 0 amide bonds. The van der Waals surface area contributed by atoms with Crippen molar-refractivity contribution >= 4 is 77.6 Å². The van der Waals surface area contributed by atoms with Crippen LogP contribution in [0.2, 0.25) is 0 Å². The van der Waals surface area contributed by atoms with Gasteiger partial charge in [0.25, 0.3) is 0 Å². The van der Waals surface area contributed by atoms with Crippen LogP contribution >= 0.6 is 22.7 Å². The third-order valence-corrected chi connectivity index (χ3v) is 11.9. The molecule has 2 aliphatic rings. The molecule has 0 fully saturated rings. The molecule has 0 aliphatic heterocycles. The van der Waals surface area contributed by atoms with Crippen LogP contribution < -0.4 is 4.90 Å². The molecule has 3 nitrogen and oxygen atoms in total. The van der Waals surface area contributed by atoms with Gasteiger partial charge in [-0.05, 0) is 76.7 Å². The second kappa shape index (κ2) is 10.4. The molecule has 2 aromatic heterocycles. The third kappa shape index (κ3) is 4.14. The van der Waals surface area contributed by atoms with Crippen molar-refractivity contribution in [2.24, 2.45) is 0 Å². The van der Waals surface area contributed by atoms with E-state index in [1.165, 1.54) is 43.7 Å². The van der Waals surface area contributed by atoms with Gasteiger partial charge in [0.1, 0.15) is 0 Å². The molecular weight excluding hydrogens is 641 g/mol. The van der Waals surface area contributed by atoms with Gasteiger partial charge in [-0.15, -0.1) is 22.7 Å². The molecule has 2 heterocycles. The molecule has 0 saturated heterocycles. The fourth-order valence-corrected chi connectivity index (χ4v) is 10.2. The van der Waals surface area contributed by atoms with Gasteiger partial charge in [-0.25, -0.2) is 8.78 Å². The van der Waals surface area contributed by atoms with E-state index >= 15 is 0 Å². The van der Waals surface area contributed by atoms with Gasteiger partial charge in [-0.1, -0.05) is 74.5 Å². The summed E-state index contributed by atoms with van der Waals surface area (Å²) in [7, 11) is 0. The Morgan fingerprint density at radius 2 is 1.38 bits per heavy atom. The summed E-state index contributed by atoms with van der Waals surface area (Å²) < 4.78 is 30.0. The minimum absolute atomic E-state index is 0.0674. The number of allylic oxidation sites excluding steroid dienone is 1. The van der Waals surface area contributed by atoms with Crippen molar-refractivity contribution in [3.8, 4) is 10.4 Å². The monoisotopic (exact) mass is 665 g/mol. The lowest BCUT2D eigenvalue weighted by molar-refractivity contribution is 0.0990. The molecule has 232 valence electrons. The lowest BCUT2D eigenvalue weighted by Crippen LogP contribution is -2.16. The van der Waals surface area contributed by atoms with Crippen LogP contribution in [0.4, 0.5) is 25.8 Å². The van der Waals surface area contributed by atoms with Gasteiger partial charge in [0.2, 0.25) is 0 Å². The Labute approximate surface area is 283 Å². The average Bonchev–Trinajstić information content (AvgIpc) is 3.77. The molecule has 7 aromatic rings. The number of benzene rings is 5. The van der Waals surface area contributed by atoms with Crippen molar-refractivity contribution in [2.45, 2.75) is 19.3 Å². The summed E-state index contributed by atoms with van der Waals surface area (Å²) >= 11 is 3.25. The van der Waals surface area contributed by atoms with Crippen LogP contribution in [0, 0.1) is 11.6 Å². The van der Waals surface area contributed by atoms with Crippen molar-refractivity contribution in [2.75, 3.05) is 4.90 Å². The number of nitrogens with zero attached hydrogens (tertiary/aromatic N) is 1. The SMILES string of the molecule is CC1(C)c2cc(N(c3ccccc3)c3cccc4ccccc34)ccc2-c2sc3cc(C=C4C(=O)c5cc(F)c(F)cc5C4=O)sc3c21. The Hall–Kier alpha value is -5.24. The summed E-state index contributed by atoms with van der Waals surface area (Å²) in [5.41, 5.74) is 6.34. The summed E-state index contributed by atoms with van der Waals surface area (Å²) in [6, 6.07) is 35.6. The summed E-state index contributed by atoms with van der Waals surface area (Å²) in [5, 5.41) is 2.34. The molecule has 0 spiro atoms. The molecule has 0 saturated carbocycles. The molecule has 0 radical (unpaired) electrons. The highest BCUT2D eigenvalue weighted by molar-refractivity contribution is 7.30. The number of fused-ring (bicyclic) bond motifs is 7. The van der Waals surface area contributed by atoms with Gasteiger partial charge >= 0.3 is 0 Å². The lowest BCUT2D eigenvalue weighted by Gasteiger charge is -2.29. The lowest BCUT2D eigenvalue weighted by atomic mass is 9.82. The number of anilines is 3. The first-order valence-corrected chi connectivity index (χ1v) is 17.2. The molecule has 5 aromatic carbocycles. The molecule has 0 unspecified atom stereocenters. The van der Waals surface area contributed by atoms with E-state index < -0.39 is 23.2 Å². The van der Waals surface area contributed by atoms with E-state index in [0.717, 1.165) is 43.5 Å². The van der Waals surface area contributed by atoms with Crippen LogP contribution in [-0.4, -0.2) is 11.6 Å². The third-order valence-electron chi connectivity index (χ3n) is 9.53. The van der Waals surface area contributed by atoms with E-state index in [0.29, 0.717) is 0 Å². The number of rotatable bonds is 4. The number of thiophene rings is 2. The highest BCUT2D eigenvalue weighted by atomic mass is 32.1. The minimum atomic E-state index is -1.14. The van der Waals surface area contributed by atoms with Crippen LogP contribution in [-0.2, 0) is 5.41 Å². The largest absolute Gasteiger partial charge is 0.310 e. The van der Waals surface area contributed by atoms with E-state index in [4.69, 9.17) is 0 Å². The van der Waals surface area contributed by atoms with Gasteiger partial charge in [-0.3, -0.25) is 9.59 Å². The minimum Gasteiger partial charge on any atom is -0.310 e. The fourth-order valence-electron chi connectivity index (χ4n) is 7.25. The highest BCUT2D eigenvalue weighted by Gasteiger charge is 2.40. The number of hydrogen-bond donors (Lipinski definition) is 0. The predicted molar refractivity (Wildman–Crippen MR) is 192 cm³/mol.